The van der Waals surface area contributed by atoms with E-state index in [1.165, 1.54) is 0 Å². The van der Waals surface area contributed by atoms with E-state index >= 15 is 0 Å². The third kappa shape index (κ3) is 6.18. The first kappa shape index (κ1) is 19.9. The molecular weight excluding hydrogens is 306 g/mol. The molecule has 0 aliphatic heterocycles. The van der Waals surface area contributed by atoms with Crippen LogP contribution in [0.3, 0.4) is 0 Å². The maximum Gasteiger partial charge on any atom is 0.191 e. The van der Waals surface area contributed by atoms with Gasteiger partial charge in [-0.05, 0) is 19.3 Å². The average molecular weight is 337 g/mol. The van der Waals surface area contributed by atoms with E-state index in [9.17, 15) is 0 Å². The van der Waals surface area contributed by atoms with Crippen molar-refractivity contribution in [1.82, 2.24) is 10.6 Å². The summed E-state index contributed by atoms with van der Waals surface area (Å²) in [7, 11) is 4.93. The molecule has 1 aromatic rings. The van der Waals surface area contributed by atoms with Gasteiger partial charge in [-0.2, -0.15) is 0 Å². The van der Waals surface area contributed by atoms with Gasteiger partial charge < -0.3 is 24.8 Å². The zero-order valence-corrected chi connectivity index (χ0v) is 15.7. The summed E-state index contributed by atoms with van der Waals surface area (Å²) in [6.07, 6.45) is 0.752. The van der Waals surface area contributed by atoms with Gasteiger partial charge in [-0.25, -0.2) is 0 Å². The minimum absolute atomic E-state index is 0.530. The fourth-order valence-electron chi connectivity index (χ4n) is 2.25. The molecule has 1 aromatic carbocycles. The van der Waals surface area contributed by atoms with Crippen LogP contribution in [0.5, 0.6) is 17.2 Å². The Hall–Kier alpha value is -2.11. The van der Waals surface area contributed by atoms with Gasteiger partial charge in [0.1, 0.15) is 17.2 Å². The lowest BCUT2D eigenvalue weighted by Crippen LogP contribution is -2.38. The molecule has 0 aromatic heterocycles. The quantitative estimate of drug-likeness (QED) is 0.535. The predicted molar refractivity (Wildman–Crippen MR) is 98.6 cm³/mol. The molecule has 0 spiro atoms. The van der Waals surface area contributed by atoms with Gasteiger partial charge >= 0.3 is 0 Å². The van der Waals surface area contributed by atoms with Crippen LogP contribution in [0, 0.1) is 5.92 Å². The molecule has 0 fully saturated rings. The molecule has 0 aliphatic rings. The van der Waals surface area contributed by atoms with Crippen molar-refractivity contribution < 1.29 is 14.2 Å². The van der Waals surface area contributed by atoms with Crippen molar-refractivity contribution in [3.63, 3.8) is 0 Å². The monoisotopic (exact) mass is 337 g/mol. The highest BCUT2D eigenvalue weighted by molar-refractivity contribution is 5.79. The minimum atomic E-state index is 0.530. The molecule has 0 atom stereocenters. The highest BCUT2D eigenvalue weighted by atomic mass is 16.5. The second kappa shape index (κ2) is 10.6. The van der Waals surface area contributed by atoms with Crippen LogP contribution in [0.4, 0.5) is 0 Å². The van der Waals surface area contributed by atoms with Gasteiger partial charge in [-0.1, -0.05) is 13.8 Å². The van der Waals surface area contributed by atoms with Gasteiger partial charge in [0.05, 0.1) is 21.3 Å². The number of guanidine groups is 1. The van der Waals surface area contributed by atoms with Crippen LogP contribution in [0.25, 0.3) is 0 Å². The first-order valence-corrected chi connectivity index (χ1v) is 8.36. The Labute approximate surface area is 145 Å². The molecule has 2 N–H and O–H groups in total. The van der Waals surface area contributed by atoms with Crippen LogP contribution in [-0.2, 0) is 6.42 Å². The second-order valence-electron chi connectivity index (χ2n) is 5.80. The Kier molecular flexibility index (Phi) is 8.83. The summed E-state index contributed by atoms with van der Waals surface area (Å²) in [4.78, 5) is 4.57. The number of hydrogen-bond acceptors (Lipinski definition) is 4. The SMILES string of the molecule is CCNC(=NCC(C)C)NCCc1c(OC)cc(OC)cc1OC. The van der Waals surface area contributed by atoms with E-state index in [2.05, 4.69) is 36.4 Å². The maximum atomic E-state index is 5.48. The zero-order chi connectivity index (χ0) is 17.9. The lowest BCUT2D eigenvalue weighted by molar-refractivity contribution is 0.368. The fraction of sp³-hybridized carbons (Fsp3) is 0.611. The fourth-order valence-corrected chi connectivity index (χ4v) is 2.25. The largest absolute Gasteiger partial charge is 0.496 e. The molecule has 6 heteroatoms. The molecule has 136 valence electrons. The van der Waals surface area contributed by atoms with Crippen molar-refractivity contribution in [2.75, 3.05) is 41.0 Å². The van der Waals surface area contributed by atoms with Gasteiger partial charge in [-0.3, -0.25) is 4.99 Å². The molecule has 24 heavy (non-hydrogen) atoms. The van der Waals surface area contributed by atoms with E-state index in [-0.39, 0.29) is 0 Å². The highest BCUT2D eigenvalue weighted by Crippen LogP contribution is 2.34. The molecule has 1 rings (SSSR count). The molecule has 0 saturated carbocycles. The molecule has 0 bridgehead atoms. The van der Waals surface area contributed by atoms with E-state index in [1.54, 1.807) is 21.3 Å². The molecule has 0 radical (unpaired) electrons. The summed E-state index contributed by atoms with van der Waals surface area (Å²) in [5, 5.41) is 6.61. The van der Waals surface area contributed by atoms with Gasteiger partial charge in [0.25, 0.3) is 0 Å². The first-order chi connectivity index (χ1) is 11.5. The van der Waals surface area contributed by atoms with Gasteiger partial charge in [0.2, 0.25) is 0 Å². The normalized spacial score (nSPS) is 11.4. The first-order valence-electron chi connectivity index (χ1n) is 8.36. The average Bonchev–Trinajstić information content (AvgIpc) is 2.59. The number of methoxy groups -OCH3 is 3. The van der Waals surface area contributed by atoms with Crippen LogP contribution in [0.2, 0.25) is 0 Å². The summed E-state index contributed by atoms with van der Waals surface area (Å²) in [6.45, 7) is 8.72. The molecule has 0 unspecified atom stereocenters. The van der Waals surface area contributed by atoms with Crippen molar-refractivity contribution in [1.29, 1.82) is 0 Å². The summed E-state index contributed by atoms with van der Waals surface area (Å²) >= 11 is 0. The molecule has 6 nitrogen and oxygen atoms in total. The Balaban J connectivity index is 2.79. The van der Waals surface area contributed by atoms with E-state index < -0.39 is 0 Å². The number of nitrogens with zero attached hydrogens (tertiary/aromatic N) is 1. The summed E-state index contributed by atoms with van der Waals surface area (Å²) < 4.78 is 16.2. The van der Waals surface area contributed by atoms with E-state index in [1.807, 2.05) is 12.1 Å². The highest BCUT2D eigenvalue weighted by Gasteiger charge is 2.13. The molecule has 0 saturated heterocycles. The van der Waals surface area contributed by atoms with E-state index in [0.717, 1.165) is 49.1 Å². The van der Waals surface area contributed by atoms with Crippen molar-refractivity contribution in [2.24, 2.45) is 10.9 Å². The van der Waals surface area contributed by atoms with Gasteiger partial charge in [-0.15, -0.1) is 0 Å². The predicted octanol–water partition coefficient (Wildman–Crippen LogP) is 2.47. The number of ether oxygens (including phenoxy) is 3. The van der Waals surface area contributed by atoms with Gasteiger partial charge in [0.15, 0.2) is 5.96 Å². The summed E-state index contributed by atoms with van der Waals surface area (Å²) in [5.41, 5.74) is 1.01. The standard InChI is InChI=1S/C18H31N3O3/c1-7-19-18(21-12-13(2)3)20-9-8-15-16(23-5)10-14(22-4)11-17(15)24-6/h10-11,13H,7-9,12H2,1-6H3,(H2,19,20,21). The van der Waals surface area contributed by atoms with Crippen molar-refractivity contribution in [2.45, 2.75) is 27.2 Å². The lowest BCUT2D eigenvalue weighted by Gasteiger charge is -2.16. The van der Waals surface area contributed by atoms with E-state index in [4.69, 9.17) is 14.2 Å². The van der Waals surface area contributed by atoms with Crippen LogP contribution >= 0.6 is 0 Å². The minimum Gasteiger partial charge on any atom is -0.496 e. The Morgan fingerprint density at radius 3 is 2.12 bits per heavy atom. The molecule has 0 aliphatic carbocycles. The van der Waals surface area contributed by atoms with E-state index in [0.29, 0.717) is 11.7 Å². The number of benzene rings is 1. The topological polar surface area (TPSA) is 64.1 Å². The van der Waals surface area contributed by atoms with Crippen LogP contribution < -0.4 is 24.8 Å². The molecular formula is C18H31N3O3. The number of nitrogens with one attached hydrogen (secondary N) is 2. The van der Waals surface area contributed by atoms with Crippen molar-refractivity contribution in [3.05, 3.63) is 17.7 Å². The third-order valence-corrected chi connectivity index (χ3v) is 3.44. The third-order valence-electron chi connectivity index (χ3n) is 3.44. The lowest BCUT2D eigenvalue weighted by atomic mass is 10.1. The van der Waals surface area contributed by atoms with Crippen LogP contribution in [0.1, 0.15) is 26.3 Å². The summed E-state index contributed by atoms with van der Waals surface area (Å²) in [5.74, 6) is 3.60. The number of aliphatic imine (C=N–C) groups is 1. The molecule has 0 amide bonds. The number of hydrogen-bond donors (Lipinski definition) is 2. The Bertz CT molecular complexity index is 505. The zero-order valence-electron chi connectivity index (χ0n) is 15.7. The Morgan fingerprint density at radius 1 is 1.04 bits per heavy atom. The van der Waals surface area contributed by atoms with Gasteiger partial charge in [0, 0.05) is 37.3 Å². The summed E-state index contributed by atoms with van der Waals surface area (Å²) in [6, 6.07) is 3.74. The van der Waals surface area contributed by atoms with Crippen LogP contribution in [0.15, 0.2) is 17.1 Å². The number of rotatable bonds is 9. The maximum absolute atomic E-state index is 5.48. The van der Waals surface area contributed by atoms with Crippen LogP contribution in [-0.4, -0.2) is 46.9 Å². The van der Waals surface area contributed by atoms with Crippen molar-refractivity contribution in [3.8, 4) is 17.2 Å². The Morgan fingerprint density at radius 2 is 1.67 bits per heavy atom. The molecule has 0 heterocycles. The van der Waals surface area contributed by atoms with Crippen molar-refractivity contribution >= 4 is 5.96 Å². The smallest absolute Gasteiger partial charge is 0.191 e. The second-order valence-corrected chi connectivity index (χ2v) is 5.80.